The summed E-state index contributed by atoms with van der Waals surface area (Å²) in [6.07, 6.45) is -1.40. The molecule has 0 aliphatic carbocycles. The quantitative estimate of drug-likeness (QED) is 0.248. The fourth-order valence-corrected chi connectivity index (χ4v) is 4.75. The minimum Gasteiger partial charge on any atom is -0.391 e. The van der Waals surface area contributed by atoms with Crippen LogP contribution in [-0.2, 0) is 25.5 Å². The van der Waals surface area contributed by atoms with Gasteiger partial charge in [-0.15, -0.1) is 0 Å². The van der Waals surface area contributed by atoms with Crippen molar-refractivity contribution < 1.29 is 29.3 Å². The maximum atomic E-state index is 13.5. The SMILES string of the molecule is COC(C)(C)C(=O)N1C[C@H](O)CC1C(=O)N[C@H](Cc1ccc2ccccc2c1)C(=O)NCC(O)CNCC(C)C. The normalized spacial score (nSPS) is 19.1. The van der Waals surface area contributed by atoms with E-state index in [1.165, 1.54) is 12.0 Å². The Hall–Kier alpha value is -3.05. The summed E-state index contributed by atoms with van der Waals surface area (Å²) in [6, 6.07) is 11.8. The van der Waals surface area contributed by atoms with E-state index in [0.717, 1.165) is 22.9 Å². The molecule has 10 nitrogen and oxygen atoms in total. The van der Waals surface area contributed by atoms with Crippen LogP contribution in [0, 0.1) is 5.92 Å². The van der Waals surface area contributed by atoms with Crippen LogP contribution in [0.4, 0.5) is 0 Å². The number of nitrogens with one attached hydrogen (secondary N) is 3. The monoisotopic (exact) mass is 556 g/mol. The third-order valence-corrected chi connectivity index (χ3v) is 7.20. The first-order valence-electron chi connectivity index (χ1n) is 13.9. The molecule has 1 aliphatic rings. The summed E-state index contributed by atoms with van der Waals surface area (Å²) in [4.78, 5) is 41.2. The number of hydrogen-bond donors (Lipinski definition) is 5. The highest BCUT2D eigenvalue weighted by Gasteiger charge is 2.44. The van der Waals surface area contributed by atoms with Gasteiger partial charge in [0, 0.05) is 39.6 Å². The van der Waals surface area contributed by atoms with E-state index in [2.05, 4.69) is 29.8 Å². The first kappa shape index (κ1) is 31.5. The van der Waals surface area contributed by atoms with Crippen molar-refractivity contribution in [2.75, 3.05) is 33.3 Å². The molecule has 1 aliphatic heterocycles. The lowest BCUT2D eigenvalue weighted by Gasteiger charge is -2.32. The summed E-state index contributed by atoms with van der Waals surface area (Å²) in [5.41, 5.74) is -0.331. The Morgan fingerprint density at radius 1 is 1.07 bits per heavy atom. The van der Waals surface area contributed by atoms with Crippen LogP contribution in [0.15, 0.2) is 42.5 Å². The third-order valence-electron chi connectivity index (χ3n) is 7.20. The lowest BCUT2D eigenvalue weighted by Crippen LogP contribution is -2.57. The molecule has 0 bridgehead atoms. The number of rotatable bonds is 13. The summed E-state index contributed by atoms with van der Waals surface area (Å²) in [7, 11) is 1.41. The number of aliphatic hydroxyl groups is 2. The van der Waals surface area contributed by atoms with Crippen LogP contribution in [0.2, 0.25) is 0 Å². The molecule has 0 aromatic heterocycles. The van der Waals surface area contributed by atoms with Gasteiger partial charge in [0.15, 0.2) is 0 Å². The van der Waals surface area contributed by atoms with Gasteiger partial charge in [-0.05, 0) is 42.6 Å². The number of likely N-dealkylation sites (tertiary alicyclic amines) is 1. The number of fused-ring (bicyclic) bond motifs is 1. The van der Waals surface area contributed by atoms with Crippen molar-refractivity contribution in [2.45, 2.75) is 70.4 Å². The van der Waals surface area contributed by atoms with E-state index in [9.17, 15) is 24.6 Å². The van der Waals surface area contributed by atoms with E-state index in [1.807, 2.05) is 42.5 Å². The predicted molar refractivity (Wildman–Crippen MR) is 154 cm³/mol. The van der Waals surface area contributed by atoms with Gasteiger partial charge in [0.2, 0.25) is 11.8 Å². The number of carbonyl (C=O) groups excluding carboxylic acids is 3. The molecule has 220 valence electrons. The van der Waals surface area contributed by atoms with Crippen LogP contribution in [-0.4, -0.2) is 96.0 Å². The number of nitrogens with zero attached hydrogens (tertiary/aromatic N) is 1. The number of aliphatic hydroxyl groups excluding tert-OH is 2. The van der Waals surface area contributed by atoms with Crippen LogP contribution >= 0.6 is 0 Å². The number of amides is 3. The Labute approximate surface area is 236 Å². The number of benzene rings is 2. The number of hydrogen-bond acceptors (Lipinski definition) is 7. The fraction of sp³-hybridized carbons (Fsp3) is 0.567. The molecular weight excluding hydrogens is 512 g/mol. The number of methoxy groups -OCH3 is 1. The predicted octanol–water partition coefficient (Wildman–Crippen LogP) is 0.977. The second kappa shape index (κ2) is 14.0. The van der Waals surface area contributed by atoms with E-state index < -0.39 is 47.6 Å². The molecule has 3 amide bonds. The van der Waals surface area contributed by atoms with Gasteiger partial charge >= 0.3 is 0 Å². The van der Waals surface area contributed by atoms with Crippen LogP contribution in [0.25, 0.3) is 10.8 Å². The summed E-state index contributed by atoms with van der Waals surface area (Å²) >= 11 is 0. The molecule has 1 saturated heterocycles. The van der Waals surface area contributed by atoms with Crippen LogP contribution in [0.1, 0.15) is 39.7 Å². The molecule has 1 heterocycles. The van der Waals surface area contributed by atoms with Crippen molar-refractivity contribution in [2.24, 2.45) is 5.92 Å². The Bertz CT molecular complexity index is 1170. The highest BCUT2D eigenvalue weighted by Crippen LogP contribution is 2.24. The summed E-state index contributed by atoms with van der Waals surface area (Å²) < 4.78 is 5.31. The van der Waals surface area contributed by atoms with Gasteiger partial charge in [-0.2, -0.15) is 0 Å². The van der Waals surface area contributed by atoms with E-state index >= 15 is 0 Å². The standard InChI is InChI=1S/C30H44N4O6/c1-19(2)15-31-16-24(36)17-32-27(37)25(13-20-10-11-21-8-6-7-9-22(21)12-20)33-28(38)26-14-23(35)18-34(26)29(39)30(3,4)40-5/h6-12,19,23-26,31,35-36H,13-18H2,1-5H3,(H,32,37)(H,33,38)/t23-,24?,25-,26?/m1/s1. The molecule has 0 saturated carbocycles. The van der Waals surface area contributed by atoms with E-state index in [0.29, 0.717) is 12.5 Å². The van der Waals surface area contributed by atoms with Gasteiger partial charge in [-0.3, -0.25) is 14.4 Å². The largest absolute Gasteiger partial charge is 0.391 e. The highest BCUT2D eigenvalue weighted by molar-refractivity contribution is 5.94. The topological polar surface area (TPSA) is 140 Å². The molecule has 2 aromatic carbocycles. The molecule has 0 spiro atoms. The maximum Gasteiger partial charge on any atom is 0.254 e. The van der Waals surface area contributed by atoms with Crippen molar-refractivity contribution in [3.63, 3.8) is 0 Å². The molecule has 2 unspecified atom stereocenters. The summed E-state index contributed by atoms with van der Waals surface area (Å²) in [5, 5.41) is 31.4. The van der Waals surface area contributed by atoms with Gasteiger partial charge in [0.05, 0.1) is 12.2 Å². The van der Waals surface area contributed by atoms with Crippen molar-refractivity contribution in [3.05, 3.63) is 48.0 Å². The van der Waals surface area contributed by atoms with Gasteiger partial charge in [0.1, 0.15) is 17.7 Å². The smallest absolute Gasteiger partial charge is 0.254 e. The first-order chi connectivity index (χ1) is 18.9. The molecular formula is C30H44N4O6. The second-order valence-corrected chi connectivity index (χ2v) is 11.5. The van der Waals surface area contributed by atoms with Crippen LogP contribution in [0.3, 0.4) is 0 Å². The maximum absolute atomic E-state index is 13.5. The van der Waals surface area contributed by atoms with Crippen molar-refractivity contribution in [3.8, 4) is 0 Å². The Balaban J connectivity index is 1.76. The summed E-state index contributed by atoms with van der Waals surface area (Å²) in [5.74, 6) is -0.965. The van der Waals surface area contributed by atoms with Crippen molar-refractivity contribution >= 4 is 28.5 Å². The molecule has 4 atom stereocenters. The number of ether oxygens (including phenoxy) is 1. The summed E-state index contributed by atoms with van der Waals surface area (Å²) in [6.45, 7) is 8.42. The minimum absolute atomic E-state index is 0.000811. The highest BCUT2D eigenvalue weighted by atomic mass is 16.5. The molecule has 10 heteroatoms. The Morgan fingerprint density at radius 3 is 2.45 bits per heavy atom. The second-order valence-electron chi connectivity index (χ2n) is 11.5. The van der Waals surface area contributed by atoms with Crippen LogP contribution < -0.4 is 16.0 Å². The fourth-order valence-electron chi connectivity index (χ4n) is 4.75. The Kier molecular flexibility index (Phi) is 11.0. The minimum atomic E-state index is -1.18. The average Bonchev–Trinajstić information content (AvgIpc) is 3.32. The molecule has 1 fully saturated rings. The van der Waals surface area contributed by atoms with Crippen LogP contribution in [0.5, 0.6) is 0 Å². The van der Waals surface area contributed by atoms with Crippen molar-refractivity contribution in [1.82, 2.24) is 20.9 Å². The number of carbonyl (C=O) groups is 3. The van der Waals surface area contributed by atoms with Gasteiger partial charge in [-0.1, -0.05) is 56.3 Å². The number of β-amino-alcohol motifs (C(OH)–C–C–N with tert-alkyl or cyclic N) is 1. The first-order valence-corrected chi connectivity index (χ1v) is 13.9. The van der Waals surface area contributed by atoms with Crippen molar-refractivity contribution in [1.29, 1.82) is 0 Å². The zero-order valence-corrected chi connectivity index (χ0v) is 24.1. The molecule has 2 aromatic rings. The zero-order valence-electron chi connectivity index (χ0n) is 24.1. The molecule has 5 N–H and O–H groups in total. The third kappa shape index (κ3) is 8.47. The Morgan fingerprint density at radius 2 is 1.77 bits per heavy atom. The molecule has 0 radical (unpaired) electrons. The van der Waals surface area contributed by atoms with E-state index in [1.54, 1.807) is 13.8 Å². The van der Waals surface area contributed by atoms with E-state index in [4.69, 9.17) is 4.74 Å². The molecule has 3 rings (SSSR count). The average molecular weight is 557 g/mol. The molecule has 40 heavy (non-hydrogen) atoms. The zero-order chi connectivity index (χ0) is 29.4. The lowest BCUT2D eigenvalue weighted by molar-refractivity contribution is -0.154. The van der Waals surface area contributed by atoms with Gasteiger partial charge < -0.3 is 35.8 Å². The van der Waals surface area contributed by atoms with Gasteiger partial charge in [-0.25, -0.2) is 0 Å². The lowest BCUT2D eigenvalue weighted by atomic mass is 10.0. The van der Waals surface area contributed by atoms with E-state index in [-0.39, 0.29) is 25.9 Å². The van der Waals surface area contributed by atoms with Gasteiger partial charge in [0.25, 0.3) is 5.91 Å².